The van der Waals surface area contributed by atoms with E-state index in [9.17, 15) is 4.79 Å². The minimum absolute atomic E-state index is 0.260. The van der Waals surface area contributed by atoms with Crippen LogP contribution in [0.4, 0.5) is 0 Å². The van der Waals surface area contributed by atoms with Crippen molar-refractivity contribution >= 4 is 14.3 Å². The molecule has 0 amide bonds. The molecule has 0 saturated heterocycles. The van der Waals surface area contributed by atoms with Crippen LogP contribution < -0.4 is 0 Å². The Morgan fingerprint density at radius 2 is 2.07 bits per heavy atom. The van der Waals surface area contributed by atoms with Crippen molar-refractivity contribution in [3.05, 3.63) is 12.2 Å². The van der Waals surface area contributed by atoms with Crippen molar-refractivity contribution in [3.63, 3.8) is 0 Å². The predicted molar refractivity (Wildman–Crippen MR) is 59.7 cm³/mol. The normalized spacial score (nSPS) is 12.0. The molecule has 82 valence electrons. The Hall–Kier alpha value is -0.613. The van der Waals surface area contributed by atoms with Gasteiger partial charge in [0, 0.05) is 13.2 Å². The third kappa shape index (κ3) is 6.86. The summed E-state index contributed by atoms with van der Waals surface area (Å²) in [5.74, 6) is -0.260. The van der Waals surface area contributed by atoms with Crippen molar-refractivity contribution in [2.24, 2.45) is 0 Å². The highest BCUT2D eigenvalue weighted by Crippen LogP contribution is 2.11. The van der Waals surface area contributed by atoms with Crippen molar-refractivity contribution < 1.29 is 14.0 Å². The lowest BCUT2D eigenvalue weighted by Gasteiger charge is -2.19. The van der Waals surface area contributed by atoms with Gasteiger partial charge in [-0.3, -0.25) is 0 Å². The summed E-state index contributed by atoms with van der Waals surface area (Å²) in [6, 6.07) is 1.02. The van der Waals surface area contributed by atoms with E-state index in [4.69, 9.17) is 9.16 Å². The van der Waals surface area contributed by atoms with E-state index in [1.54, 1.807) is 20.1 Å². The molecule has 0 N–H and O–H groups in total. The van der Waals surface area contributed by atoms with E-state index in [0.717, 1.165) is 12.5 Å². The monoisotopic (exact) mass is 216 g/mol. The van der Waals surface area contributed by atoms with Crippen LogP contribution in [0.2, 0.25) is 19.1 Å². The Morgan fingerprint density at radius 1 is 1.43 bits per heavy atom. The van der Waals surface area contributed by atoms with Crippen LogP contribution in [0.1, 0.15) is 13.3 Å². The van der Waals surface area contributed by atoms with Gasteiger partial charge in [-0.25, -0.2) is 4.79 Å². The summed E-state index contributed by atoms with van der Waals surface area (Å²) in [6.45, 7) is 6.59. The Labute approximate surface area is 87.2 Å². The molecule has 0 rings (SSSR count). The molecule has 0 aromatic rings. The van der Waals surface area contributed by atoms with Crippen LogP contribution in [0.15, 0.2) is 12.2 Å². The lowest BCUT2D eigenvalue weighted by Crippen LogP contribution is -2.28. The summed E-state index contributed by atoms with van der Waals surface area (Å²) in [5, 5.41) is 0. The van der Waals surface area contributed by atoms with E-state index >= 15 is 0 Å². The topological polar surface area (TPSA) is 35.5 Å². The molecule has 0 unspecified atom stereocenters. The standard InChI is InChI=1S/C10H20O3Si/c1-5-7-10(11)13-8-6-9-14(3,4)12-2/h5,7H,6,8-9H2,1-4H3. The molecular weight excluding hydrogens is 196 g/mol. The SMILES string of the molecule is CC=CC(=O)OCCC[Si](C)(C)OC. The van der Waals surface area contributed by atoms with Gasteiger partial charge in [0.25, 0.3) is 0 Å². The fourth-order valence-corrected chi connectivity index (χ4v) is 2.16. The average Bonchev–Trinajstić information content (AvgIpc) is 2.13. The zero-order chi connectivity index (χ0) is 11.0. The van der Waals surface area contributed by atoms with Gasteiger partial charge < -0.3 is 9.16 Å². The number of hydrogen-bond acceptors (Lipinski definition) is 3. The van der Waals surface area contributed by atoms with Gasteiger partial charge in [-0.1, -0.05) is 6.08 Å². The predicted octanol–water partition coefficient (Wildman–Crippen LogP) is 2.35. The van der Waals surface area contributed by atoms with E-state index in [1.165, 1.54) is 6.08 Å². The largest absolute Gasteiger partial charge is 0.463 e. The lowest BCUT2D eigenvalue weighted by molar-refractivity contribution is -0.137. The molecule has 0 aromatic carbocycles. The maximum absolute atomic E-state index is 10.9. The zero-order valence-corrected chi connectivity index (χ0v) is 10.5. The number of rotatable bonds is 6. The highest BCUT2D eigenvalue weighted by Gasteiger charge is 2.19. The van der Waals surface area contributed by atoms with Crippen molar-refractivity contribution in [1.82, 2.24) is 0 Å². The molecule has 0 spiro atoms. The first kappa shape index (κ1) is 13.4. The van der Waals surface area contributed by atoms with Crippen LogP contribution in [0.5, 0.6) is 0 Å². The van der Waals surface area contributed by atoms with Crippen molar-refractivity contribution in [2.75, 3.05) is 13.7 Å². The van der Waals surface area contributed by atoms with Gasteiger partial charge in [0.2, 0.25) is 0 Å². The Bertz CT molecular complexity index is 200. The molecule has 0 heterocycles. The first-order valence-corrected chi connectivity index (χ1v) is 7.98. The third-order valence-electron chi connectivity index (χ3n) is 2.02. The third-order valence-corrected chi connectivity index (χ3v) is 4.69. The van der Waals surface area contributed by atoms with Gasteiger partial charge in [0.1, 0.15) is 0 Å². The maximum atomic E-state index is 10.9. The summed E-state index contributed by atoms with van der Waals surface area (Å²) in [6.07, 6.45) is 3.99. The molecule has 0 aliphatic carbocycles. The van der Waals surface area contributed by atoms with E-state index in [2.05, 4.69) is 13.1 Å². The zero-order valence-electron chi connectivity index (χ0n) is 9.50. The van der Waals surface area contributed by atoms with Gasteiger partial charge >= 0.3 is 5.97 Å². The summed E-state index contributed by atoms with van der Waals surface area (Å²) in [5.41, 5.74) is 0. The van der Waals surface area contributed by atoms with Gasteiger partial charge in [-0.15, -0.1) is 0 Å². The molecule has 0 aromatic heterocycles. The molecule has 0 aliphatic heterocycles. The summed E-state index contributed by atoms with van der Waals surface area (Å²) in [4.78, 5) is 10.9. The number of allylic oxidation sites excluding steroid dienone is 1. The van der Waals surface area contributed by atoms with Crippen molar-refractivity contribution in [2.45, 2.75) is 32.5 Å². The molecule has 3 nitrogen and oxygen atoms in total. The minimum Gasteiger partial charge on any atom is -0.463 e. The van der Waals surface area contributed by atoms with Crippen molar-refractivity contribution in [1.29, 1.82) is 0 Å². The summed E-state index contributed by atoms with van der Waals surface area (Å²) < 4.78 is 10.3. The summed E-state index contributed by atoms with van der Waals surface area (Å²) >= 11 is 0. The Balaban J connectivity index is 3.52. The number of hydrogen-bond donors (Lipinski definition) is 0. The fraction of sp³-hybridized carbons (Fsp3) is 0.700. The highest BCUT2D eigenvalue weighted by molar-refractivity contribution is 6.71. The molecular formula is C10H20O3Si. The van der Waals surface area contributed by atoms with E-state index in [0.29, 0.717) is 6.61 Å². The quantitative estimate of drug-likeness (QED) is 0.296. The maximum Gasteiger partial charge on any atom is 0.330 e. The number of carbonyl (C=O) groups is 1. The molecule has 0 fully saturated rings. The van der Waals surface area contributed by atoms with Crippen LogP contribution in [0.25, 0.3) is 0 Å². The molecule has 0 atom stereocenters. The number of carbonyl (C=O) groups excluding carboxylic acids is 1. The van der Waals surface area contributed by atoms with Gasteiger partial charge in [0.05, 0.1) is 6.61 Å². The summed E-state index contributed by atoms with van der Waals surface area (Å²) in [7, 11) is 0.271. The van der Waals surface area contributed by atoms with E-state index in [-0.39, 0.29) is 5.97 Å². The molecule has 14 heavy (non-hydrogen) atoms. The Kier molecular flexibility index (Phi) is 6.49. The first-order chi connectivity index (χ1) is 6.52. The van der Waals surface area contributed by atoms with E-state index < -0.39 is 8.32 Å². The molecule has 0 radical (unpaired) electrons. The van der Waals surface area contributed by atoms with Crippen LogP contribution in [-0.2, 0) is 14.0 Å². The number of ether oxygens (including phenoxy) is 1. The molecule has 0 bridgehead atoms. The van der Waals surface area contributed by atoms with Crippen LogP contribution in [-0.4, -0.2) is 28.0 Å². The second-order valence-electron chi connectivity index (χ2n) is 3.73. The van der Waals surface area contributed by atoms with Crippen LogP contribution in [0.3, 0.4) is 0 Å². The molecule has 0 aliphatic rings. The fourth-order valence-electron chi connectivity index (χ4n) is 0.957. The number of esters is 1. The molecule has 0 saturated carbocycles. The average molecular weight is 216 g/mol. The first-order valence-electron chi connectivity index (χ1n) is 4.86. The van der Waals surface area contributed by atoms with Gasteiger partial charge in [-0.2, -0.15) is 0 Å². The smallest absolute Gasteiger partial charge is 0.330 e. The van der Waals surface area contributed by atoms with E-state index in [1.807, 2.05) is 0 Å². The second-order valence-corrected chi connectivity index (χ2v) is 8.16. The highest BCUT2D eigenvalue weighted by atomic mass is 28.4. The second kappa shape index (κ2) is 6.78. The molecule has 4 heteroatoms. The minimum atomic E-state index is -1.48. The van der Waals surface area contributed by atoms with Crippen LogP contribution in [0, 0.1) is 0 Å². The van der Waals surface area contributed by atoms with Gasteiger partial charge in [0.15, 0.2) is 8.32 Å². The van der Waals surface area contributed by atoms with Crippen LogP contribution >= 0.6 is 0 Å². The Morgan fingerprint density at radius 3 is 2.57 bits per heavy atom. The van der Waals surface area contributed by atoms with Gasteiger partial charge in [-0.05, 0) is 32.5 Å². The lowest BCUT2D eigenvalue weighted by atomic mass is 10.5. The van der Waals surface area contributed by atoms with Crippen molar-refractivity contribution in [3.8, 4) is 0 Å².